The number of carbonyl (C=O) groups excluding carboxylic acids is 1. The van der Waals surface area contributed by atoms with Gasteiger partial charge in [-0.15, -0.1) is 0 Å². The molecule has 0 radical (unpaired) electrons. The zero-order valence-electron chi connectivity index (χ0n) is 18.6. The second-order valence-corrected chi connectivity index (χ2v) is 8.03. The van der Waals surface area contributed by atoms with Crippen molar-refractivity contribution in [1.82, 2.24) is 19.9 Å². The number of nitrogens with one attached hydrogen (secondary N) is 1. The van der Waals surface area contributed by atoms with Crippen LogP contribution in [0.2, 0.25) is 0 Å². The minimum absolute atomic E-state index is 0.183. The van der Waals surface area contributed by atoms with E-state index in [1.165, 1.54) is 5.56 Å². The van der Waals surface area contributed by atoms with Crippen molar-refractivity contribution in [3.05, 3.63) is 86.7 Å². The summed E-state index contributed by atoms with van der Waals surface area (Å²) >= 11 is 0. The van der Waals surface area contributed by atoms with Gasteiger partial charge in [0.25, 0.3) is 5.91 Å². The highest BCUT2D eigenvalue weighted by Crippen LogP contribution is 2.14. The Bertz CT molecular complexity index is 1080. The van der Waals surface area contributed by atoms with Crippen LogP contribution in [0.1, 0.15) is 38.8 Å². The molecule has 1 amide bonds. The number of benzene rings is 1. The first-order valence-corrected chi connectivity index (χ1v) is 10.5. The maximum Gasteiger partial charge on any atom is 0.257 e. The number of pyridine rings is 1. The van der Waals surface area contributed by atoms with Gasteiger partial charge in [0.1, 0.15) is 5.56 Å². The van der Waals surface area contributed by atoms with Crippen molar-refractivity contribution >= 4 is 5.91 Å². The Morgan fingerprint density at radius 1 is 1.13 bits per heavy atom. The van der Waals surface area contributed by atoms with Crippen molar-refractivity contribution in [2.45, 2.75) is 39.8 Å². The van der Waals surface area contributed by atoms with Gasteiger partial charge >= 0.3 is 0 Å². The minimum atomic E-state index is -0.388. The van der Waals surface area contributed by atoms with Gasteiger partial charge in [-0.3, -0.25) is 9.59 Å². The van der Waals surface area contributed by atoms with E-state index >= 15 is 0 Å². The van der Waals surface area contributed by atoms with Crippen LogP contribution in [0.25, 0.3) is 0 Å². The molecule has 3 rings (SSSR count). The highest BCUT2D eigenvalue weighted by molar-refractivity contribution is 5.95. The van der Waals surface area contributed by atoms with Crippen LogP contribution in [0, 0.1) is 13.8 Å². The van der Waals surface area contributed by atoms with Crippen LogP contribution in [0.15, 0.2) is 51.8 Å². The summed E-state index contributed by atoms with van der Waals surface area (Å²) in [6.07, 6.45) is 1.34. The molecule has 0 spiro atoms. The fourth-order valence-corrected chi connectivity index (χ4v) is 3.61. The number of aryl methyl sites for hydroxylation is 3. The molecule has 1 aromatic carbocycles. The molecular formula is C24H30N4O3. The maximum absolute atomic E-state index is 13.1. The van der Waals surface area contributed by atoms with E-state index in [9.17, 15) is 9.59 Å². The highest BCUT2D eigenvalue weighted by atomic mass is 16.5. The lowest BCUT2D eigenvalue weighted by molar-refractivity contribution is 0.0944. The molecule has 0 aliphatic carbocycles. The predicted octanol–water partition coefficient (Wildman–Crippen LogP) is 2.73. The van der Waals surface area contributed by atoms with Crippen LogP contribution in [0.5, 0.6) is 0 Å². The molecule has 0 saturated carbocycles. The second-order valence-electron chi connectivity index (χ2n) is 8.03. The van der Waals surface area contributed by atoms with Gasteiger partial charge < -0.3 is 19.3 Å². The van der Waals surface area contributed by atoms with Crippen LogP contribution < -0.4 is 10.7 Å². The first-order chi connectivity index (χ1) is 14.8. The van der Waals surface area contributed by atoms with Crippen molar-refractivity contribution in [1.29, 1.82) is 0 Å². The van der Waals surface area contributed by atoms with Crippen molar-refractivity contribution in [3.8, 4) is 0 Å². The average molecular weight is 423 g/mol. The SMILES string of the molecule is Cc1cc(CNC(=O)c2c(CCc3ccccc3)n(CCN(C)C)c(C)cc2=O)on1. The molecule has 0 saturated heterocycles. The monoisotopic (exact) mass is 422 g/mol. The van der Waals surface area contributed by atoms with Crippen LogP contribution in [0.4, 0.5) is 0 Å². The Balaban J connectivity index is 1.93. The maximum atomic E-state index is 13.1. The van der Waals surface area contributed by atoms with Gasteiger partial charge in [0.2, 0.25) is 0 Å². The summed E-state index contributed by atoms with van der Waals surface area (Å²) in [5.74, 6) is 0.164. The highest BCUT2D eigenvalue weighted by Gasteiger charge is 2.20. The van der Waals surface area contributed by atoms with Gasteiger partial charge in [-0.05, 0) is 46.3 Å². The number of carbonyl (C=O) groups is 1. The van der Waals surface area contributed by atoms with Crippen molar-refractivity contribution in [2.24, 2.45) is 0 Å². The second kappa shape index (κ2) is 10.2. The van der Waals surface area contributed by atoms with Gasteiger partial charge in [-0.1, -0.05) is 35.5 Å². The Hall–Kier alpha value is -3.19. The van der Waals surface area contributed by atoms with Crippen LogP contribution in [-0.2, 0) is 25.9 Å². The molecule has 1 N–H and O–H groups in total. The molecular weight excluding hydrogens is 392 g/mol. The van der Waals surface area contributed by atoms with E-state index in [2.05, 4.69) is 32.1 Å². The van der Waals surface area contributed by atoms with Gasteiger partial charge in [-0.2, -0.15) is 0 Å². The summed E-state index contributed by atoms with van der Waals surface area (Å²) in [5, 5.41) is 6.66. The number of amides is 1. The van der Waals surface area contributed by atoms with Crippen molar-refractivity contribution in [3.63, 3.8) is 0 Å². The largest absolute Gasteiger partial charge is 0.359 e. The molecule has 3 aromatic rings. The number of aromatic nitrogens is 2. The normalized spacial score (nSPS) is 11.1. The van der Waals surface area contributed by atoms with Crippen molar-refractivity contribution in [2.75, 3.05) is 20.6 Å². The molecule has 2 heterocycles. The third-order valence-electron chi connectivity index (χ3n) is 5.22. The minimum Gasteiger partial charge on any atom is -0.359 e. The lowest BCUT2D eigenvalue weighted by atomic mass is 10.0. The fraction of sp³-hybridized carbons (Fsp3) is 0.375. The molecule has 164 valence electrons. The molecule has 7 nitrogen and oxygen atoms in total. The Morgan fingerprint density at radius 2 is 1.87 bits per heavy atom. The summed E-state index contributed by atoms with van der Waals surface area (Å²) in [6.45, 7) is 5.43. The van der Waals surface area contributed by atoms with Crippen LogP contribution in [-0.4, -0.2) is 41.2 Å². The Labute approximate surface area is 182 Å². The molecule has 0 bridgehead atoms. The van der Waals surface area contributed by atoms with Gasteiger partial charge in [0.05, 0.1) is 12.2 Å². The molecule has 0 atom stereocenters. The number of hydrogen-bond donors (Lipinski definition) is 1. The summed E-state index contributed by atoms with van der Waals surface area (Å²) in [4.78, 5) is 28.1. The van der Waals surface area contributed by atoms with E-state index in [1.54, 1.807) is 12.1 Å². The third-order valence-corrected chi connectivity index (χ3v) is 5.22. The standard InChI is InChI=1S/C24H30N4O3/c1-17-14-20(31-26-17)16-25-24(30)23-21(11-10-19-8-6-5-7-9-19)28(13-12-27(3)4)18(2)15-22(23)29/h5-9,14-15H,10-13,16H2,1-4H3,(H,25,30). The van der Waals surface area contributed by atoms with Crippen LogP contribution >= 0.6 is 0 Å². The van der Waals surface area contributed by atoms with E-state index in [0.717, 1.165) is 30.0 Å². The Kier molecular flexibility index (Phi) is 7.41. The van der Waals surface area contributed by atoms with E-state index in [-0.39, 0.29) is 23.4 Å². The predicted molar refractivity (Wildman–Crippen MR) is 120 cm³/mol. The molecule has 0 aliphatic heterocycles. The van der Waals surface area contributed by atoms with Gasteiger partial charge in [-0.25, -0.2) is 0 Å². The number of hydrogen-bond acceptors (Lipinski definition) is 5. The molecule has 2 aromatic heterocycles. The Morgan fingerprint density at radius 3 is 2.52 bits per heavy atom. The molecule has 31 heavy (non-hydrogen) atoms. The zero-order valence-corrected chi connectivity index (χ0v) is 18.6. The first-order valence-electron chi connectivity index (χ1n) is 10.5. The molecule has 0 fully saturated rings. The fourth-order valence-electron chi connectivity index (χ4n) is 3.61. The zero-order chi connectivity index (χ0) is 22.4. The van der Waals surface area contributed by atoms with Crippen LogP contribution in [0.3, 0.4) is 0 Å². The van der Waals surface area contributed by atoms with Gasteiger partial charge in [0.15, 0.2) is 11.2 Å². The summed E-state index contributed by atoms with van der Waals surface area (Å²) in [5.41, 5.74) is 3.48. The number of rotatable bonds is 9. The quantitative estimate of drug-likeness (QED) is 0.574. The third kappa shape index (κ3) is 5.92. The first kappa shape index (κ1) is 22.5. The van der Waals surface area contributed by atoms with E-state index < -0.39 is 0 Å². The number of likely N-dealkylation sites (N-methyl/N-ethyl adjacent to an activating group) is 1. The summed E-state index contributed by atoms with van der Waals surface area (Å²) < 4.78 is 7.27. The van der Waals surface area contributed by atoms with Gasteiger partial charge in [0, 0.05) is 36.6 Å². The smallest absolute Gasteiger partial charge is 0.257 e. The molecule has 0 aliphatic rings. The lowest BCUT2D eigenvalue weighted by Crippen LogP contribution is -2.33. The van der Waals surface area contributed by atoms with E-state index in [1.807, 2.05) is 46.1 Å². The van der Waals surface area contributed by atoms with E-state index in [0.29, 0.717) is 18.7 Å². The van der Waals surface area contributed by atoms with E-state index in [4.69, 9.17) is 4.52 Å². The average Bonchev–Trinajstić information content (AvgIpc) is 3.15. The topological polar surface area (TPSA) is 80.4 Å². The lowest BCUT2D eigenvalue weighted by Gasteiger charge is -2.21. The van der Waals surface area contributed by atoms with Crippen molar-refractivity contribution < 1.29 is 9.32 Å². The molecule has 7 heteroatoms. The number of nitrogens with zero attached hydrogens (tertiary/aromatic N) is 3. The summed E-state index contributed by atoms with van der Waals surface area (Å²) in [7, 11) is 4.02. The molecule has 0 unspecified atom stereocenters. The summed E-state index contributed by atoms with van der Waals surface area (Å²) in [6, 6.07) is 13.4.